The van der Waals surface area contributed by atoms with Gasteiger partial charge in [0.1, 0.15) is 5.75 Å². The van der Waals surface area contributed by atoms with E-state index >= 15 is 0 Å². The molecule has 0 aliphatic heterocycles. The van der Waals surface area contributed by atoms with Gasteiger partial charge in [0.05, 0.1) is 0 Å². The van der Waals surface area contributed by atoms with Gasteiger partial charge < -0.3 is 10.1 Å². The van der Waals surface area contributed by atoms with E-state index in [1.807, 2.05) is 0 Å². The molecular formula is C12H12F3NO2. The molecule has 0 aliphatic carbocycles. The highest BCUT2D eigenvalue weighted by atomic mass is 19.4. The first-order valence-corrected chi connectivity index (χ1v) is 5.08. The van der Waals surface area contributed by atoms with Crippen LogP contribution in [0.2, 0.25) is 0 Å². The molecule has 6 heteroatoms. The second kappa shape index (κ2) is 5.57. The van der Waals surface area contributed by atoms with Crippen LogP contribution in [-0.4, -0.2) is 12.3 Å². The van der Waals surface area contributed by atoms with Crippen molar-refractivity contribution in [3.8, 4) is 5.75 Å². The number of allylic oxidation sites excluding steroid dienone is 1. The minimum absolute atomic E-state index is 0.331. The maximum atomic E-state index is 11.9. The summed E-state index contributed by atoms with van der Waals surface area (Å²) in [7, 11) is 0. The minimum atomic E-state index is -4.72. The Labute approximate surface area is 102 Å². The van der Waals surface area contributed by atoms with Crippen molar-refractivity contribution in [2.45, 2.75) is 20.2 Å². The Hall–Kier alpha value is -1.98. The molecule has 0 aromatic heterocycles. The summed E-state index contributed by atoms with van der Waals surface area (Å²) in [4.78, 5) is 11.3. The SMILES string of the molecule is CC(C)=CC(=O)Nc1ccc(OC(F)(F)F)cc1. The third-order valence-electron chi connectivity index (χ3n) is 1.78. The van der Waals surface area contributed by atoms with Crippen LogP contribution in [0.15, 0.2) is 35.9 Å². The van der Waals surface area contributed by atoms with Crippen molar-refractivity contribution in [1.29, 1.82) is 0 Å². The first-order valence-electron chi connectivity index (χ1n) is 5.08. The molecule has 0 saturated carbocycles. The first kappa shape index (κ1) is 14.1. The Balaban J connectivity index is 2.66. The maximum Gasteiger partial charge on any atom is 0.573 e. The van der Waals surface area contributed by atoms with Gasteiger partial charge in [0.25, 0.3) is 0 Å². The van der Waals surface area contributed by atoms with Gasteiger partial charge in [-0.2, -0.15) is 0 Å². The summed E-state index contributed by atoms with van der Waals surface area (Å²) in [5, 5.41) is 2.51. The number of anilines is 1. The first-order chi connectivity index (χ1) is 8.26. The standard InChI is InChI=1S/C12H12F3NO2/c1-8(2)7-11(17)16-9-3-5-10(6-4-9)18-12(13,14)15/h3-7H,1-2H3,(H,16,17). The lowest BCUT2D eigenvalue weighted by Crippen LogP contribution is -2.17. The van der Waals surface area contributed by atoms with Gasteiger partial charge in [-0.3, -0.25) is 4.79 Å². The van der Waals surface area contributed by atoms with Crippen molar-refractivity contribution in [3.63, 3.8) is 0 Å². The Morgan fingerprint density at radius 3 is 2.22 bits per heavy atom. The molecule has 1 N–H and O–H groups in total. The Morgan fingerprint density at radius 1 is 1.22 bits per heavy atom. The van der Waals surface area contributed by atoms with Crippen LogP contribution in [-0.2, 0) is 4.79 Å². The van der Waals surface area contributed by atoms with E-state index in [2.05, 4.69) is 10.1 Å². The number of carbonyl (C=O) groups is 1. The van der Waals surface area contributed by atoms with Crippen LogP contribution >= 0.6 is 0 Å². The Kier molecular flexibility index (Phi) is 4.36. The fraction of sp³-hybridized carbons (Fsp3) is 0.250. The molecule has 0 atom stereocenters. The number of hydrogen-bond donors (Lipinski definition) is 1. The van der Waals surface area contributed by atoms with Crippen molar-refractivity contribution >= 4 is 11.6 Å². The number of hydrogen-bond acceptors (Lipinski definition) is 2. The molecule has 0 aliphatic rings. The molecule has 0 unspecified atom stereocenters. The van der Waals surface area contributed by atoms with Crippen molar-refractivity contribution < 1.29 is 22.7 Å². The zero-order chi connectivity index (χ0) is 13.8. The molecule has 0 saturated heterocycles. The van der Waals surface area contributed by atoms with Crippen molar-refractivity contribution in [2.24, 2.45) is 0 Å². The quantitative estimate of drug-likeness (QED) is 0.844. The molecule has 1 amide bonds. The van der Waals surface area contributed by atoms with Gasteiger partial charge in [0, 0.05) is 11.8 Å². The molecule has 1 aromatic rings. The average Bonchev–Trinajstić information content (AvgIpc) is 2.17. The van der Waals surface area contributed by atoms with Gasteiger partial charge in [-0.05, 0) is 38.1 Å². The van der Waals surface area contributed by atoms with Gasteiger partial charge >= 0.3 is 6.36 Å². The topological polar surface area (TPSA) is 38.3 Å². The van der Waals surface area contributed by atoms with E-state index < -0.39 is 6.36 Å². The average molecular weight is 259 g/mol. The number of nitrogens with one attached hydrogen (secondary N) is 1. The van der Waals surface area contributed by atoms with Crippen LogP contribution < -0.4 is 10.1 Å². The molecule has 18 heavy (non-hydrogen) atoms. The predicted octanol–water partition coefficient (Wildman–Crippen LogP) is 3.49. The van der Waals surface area contributed by atoms with Crippen molar-refractivity contribution in [3.05, 3.63) is 35.9 Å². The van der Waals surface area contributed by atoms with E-state index in [0.717, 1.165) is 17.7 Å². The highest BCUT2D eigenvalue weighted by molar-refractivity contribution is 5.99. The molecule has 98 valence electrons. The molecule has 1 aromatic carbocycles. The Bertz CT molecular complexity index is 445. The lowest BCUT2D eigenvalue weighted by Gasteiger charge is -2.09. The highest BCUT2D eigenvalue weighted by Crippen LogP contribution is 2.23. The van der Waals surface area contributed by atoms with E-state index in [4.69, 9.17) is 0 Å². The van der Waals surface area contributed by atoms with Crippen molar-refractivity contribution in [2.75, 3.05) is 5.32 Å². The lowest BCUT2D eigenvalue weighted by molar-refractivity contribution is -0.274. The molecule has 0 fully saturated rings. The fourth-order valence-electron chi connectivity index (χ4n) is 1.18. The smallest absolute Gasteiger partial charge is 0.406 e. The summed E-state index contributed by atoms with van der Waals surface area (Å²) in [6, 6.07) is 4.92. The number of amides is 1. The number of ether oxygens (including phenoxy) is 1. The van der Waals surface area contributed by atoms with Gasteiger partial charge in [-0.25, -0.2) is 0 Å². The zero-order valence-electron chi connectivity index (χ0n) is 9.84. The maximum absolute atomic E-state index is 11.9. The number of benzene rings is 1. The molecule has 0 bridgehead atoms. The molecule has 0 radical (unpaired) electrons. The number of rotatable bonds is 3. The third kappa shape index (κ3) is 5.38. The largest absolute Gasteiger partial charge is 0.573 e. The van der Waals surface area contributed by atoms with Crippen LogP contribution in [0.1, 0.15) is 13.8 Å². The fourth-order valence-corrected chi connectivity index (χ4v) is 1.18. The van der Waals surface area contributed by atoms with E-state index in [1.165, 1.54) is 18.2 Å². The molecule has 0 spiro atoms. The molecule has 0 heterocycles. The van der Waals surface area contributed by atoms with Crippen LogP contribution in [0.5, 0.6) is 5.75 Å². The number of alkyl halides is 3. The molecular weight excluding hydrogens is 247 g/mol. The molecule has 3 nitrogen and oxygen atoms in total. The normalized spacial score (nSPS) is 10.7. The van der Waals surface area contributed by atoms with Crippen LogP contribution in [0.3, 0.4) is 0 Å². The van der Waals surface area contributed by atoms with E-state index in [-0.39, 0.29) is 11.7 Å². The summed E-state index contributed by atoms with van der Waals surface area (Å²) in [6.45, 7) is 3.53. The van der Waals surface area contributed by atoms with E-state index in [0.29, 0.717) is 5.69 Å². The van der Waals surface area contributed by atoms with Crippen LogP contribution in [0.4, 0.5) is 18.9 Å². The summed E-state index contributed by atoms with van der Waals surface area (Å²) >= 11 is 0. The van der Waals surface area contributed by atoms with Gasteiger partial charge in [-0.1, -0.05) is 5.57 Å². The summed E-state index contributed by atoms with van der Waals surface area (Å²) in [6.07, 6.45) is -3.33. The molecule has 1 rings (SSSR count). The van der Waals surface area contributed by atoms with Gasteiger partial charge in [-0.15, -0.1) is 13.2 Å². The second-order valence-electron chi connectivity index (χ2n) is 3.78. The number of carbonyl (C=O) groups excluding carboxylic acids is 1. The summed E-state index contributed by atoms with van der Waals surface area (Å²) < 4.78 is 39.4. The summed E-state index contributed by atoms with van der Waals surface area (Å²) in [5.74, 6) is -0.665. The van der Waals surface area contributed by atoms with Crippen LogP contribution in [0.25, 0.3) is 0 Å². The zero-order valence-corrected chi connectivity index (χ0v) is 9.84. The van der Waals surface area contributed by atoms with E-state index in [1.54, 1.807) is 13.8 Å². The summed E-state index contributed by atoms with van der Waals surface area (Å²) in [5.41, 5.74) is 1.22. The Morgan fingerprint density at radius 2 is 1.78 bits per heavy atom. The second-order valence-corrected chi connectivity index (χ2v) is 3.78. The van der Waals surface area contributed by atoms with Crippen LogP contribution in [0, 0.1) is 0 Å². The van der Waals surface area contributed by atoms with Gasteiger partial charge in [0.15, 0.2) is 0 Å². The van der Waals surface area contributed by atoms with Crippen molar-refractivity contribution in [1.82, 2.24) is 0 Å². The minimum Gasteiger partial charge on any atom is -0.406 e. The highest BCUT2D eigenvalue weighted by Gasteiger charge is 2.30. The van der Waals surface area contributed by atoms with E-state index in [9.17, 15) is 18.0 Å². The predicted molar refractivity (Wildman–Crippen MR) is 61.2 cm³/mol. The lowest BCUT2D eigenvalue weighted by atomic mass is 10.3. The number of halogens is 3. The third-order valence-corrected chi connectivity index (χ3v) is 1.78. The van der Waals surface area contributed by atoms with Gasteiger partial charge in [0.2, 0.25) is 5.91 Å². The monoisotopic (exact) mass is 259 g/mol.